The third kappa shape index (κ3) is 3.01. The van der Waals surface area contributed by atoms with Crippen LogP contribution in [0.2, 0.25) is 0 Å². The summed E-state index contributed by atoms with van der Waals surface area (Å²) < 4.78 is 11.3. The van der Waals surface area contributed by atoms with Gasteiger partial charge in [0.2, 0.25) is 0 Å². The number of rotatable bonds is 3. The number of benzene rings is 1. The molecule has 6 nitrogen and oxygen atoms in total. The number of ether oxygens (including phenoxy) is 1. The minimum Gasteiger partial charge on any atom is -0.451 e. The number of carbonyl (C=O) groups is 2. The molecular weight excluding hydrogens is 332 g/mol. The lowest BCUT2D eigenvalue weighted by Crippen LogP contribution is -2.53. The Morgan fingerprint density at radius 1 is 1.04 bits per heavy atom. The number of nitrogens with one attached hydrogen (secondary N) is 1. The molecule has 0 aliphatic carbocycles. The Morgan fingerprint density at radius 3 is 2.31 bits per heavy atom. The van der Waals surface area contributed by atoms with Crippen LogP contribution in [0.3, 0.4) is 0 Å². The van der Waals surface area contributed by atoms with E-state index in [1.165, 1.54) is 0 Å². The largest absolute Gasteiger partial charge is 0.451 e. The summed E-state index contributed by atoms with van der Waals surface area (Å²) in [7, 11) is 1.56. The maximum absolute atomic E-state index is 12.7. The van der Waals surface area contributed by atoms with Gasteiger partial charge >= 0.3 is 0 Å². The van der Waals surface area contributed by atoms with Gasteiger partial charge in [-0.15, -0.1) is 0 Å². The van der Waals surface area contributed by atoms with Crippen LogP contribution in [0, 0.1) is 0 Å². The van der Waals surface area contributed by atoms with E-state index in [2.05, 4.69) is 5.32 Å². The quantitative estimate of drug-likeness (QED) is 0.920. The number of hydrogen-bond donors (Lipinski definition) is 1. The van der Waals surface area contributed by atoms with Gasteiger partial charge in [0, 0.05) is 31.3 Å². The van der Waals surface area contributed by atoms with Crippen molar-refractivity contribution in [3.8, 4) is 11.3 Å². The summed E-state index contributed by atoms with van der Waals surface area (Å²) >= 11 is 0. The van der Waals surface area contributed by atoms with E-state index in [-0.39, 0.29) is 23.2 Å². The van der Waals surface area contributed by atoms with Crippen molar-refractivity contribution in [2.24, 2.45) is 0 Å². The Balaban J connectivity index is 1.43. The van der Waals surface area contributed by atoms with Gasteiger partial charge in [0.25, 0.3) is 11.8 Å². The smallest absolute Gasteiger partial charge is 0.286 e. The molecule has 2 aliphatic heterocycles. The van der Waals surface area contributed by atoms with Crippen LogP contribution in [-0.4, -0.2) is 49.1 Å². The highest BCUT2D eigenvalue weighted by atomic mass is 16.5. The van der Waals surface area contributed by atoms with Crippen molar-refractivity contribution in [2.75, 3.05) is 26.7 Å². The van der Waals surface area contributed by atoms with E-state index in [1.54, 1.807) is 19.2 Å². The minimum atomic E-state index is -0.263. The molecule has 0 radical (unpaired) electrons. The van der Waals surface area contributed by atoms with Crippen molar-refractivity contribution in [3.63, 3.8) is 0 Å². The van der Waals surface area contributed by atoms with Crippen LogP contribution < -0.4 is 5.32 Å². The number of hydrogen-bond acceptors (Lipinski definition) is 4. The Labute approximate surface area is 152 Å². The third-order valence-electron chi connectivity index (χ3n) is 5.40. The van der Waals surface area contributed by atoms with Crippen molar-refractivity contribution in [2.45, 2.75) is 24.9 Å². The zero-order valence-electron chi connectivity index (χ0n) is 14.8. The van der Waals surface area contributed by atoms with Crippen molar-refractivity contribution in [1.82, 2.24) is 10.2 Å². The summed E-state index contributed by atoms with van der Waals surface area (Å²) in [5.41, 5.74) is 1.54. The monoisotopic (exact) mass is 354 g/mol. The van der Waals surface area contributed by atoms with Crippen LogP contribution >= 0.6 is 0 Å². The molecule has 1 spiro atoms. The van der Waals surface area contributed by atoms with E-state index in [4.69, 9.17) is 9.15 Å². The second-order valence-electron chi connectivity index (χ2n) is 6.89. The average Bonchev–Trinajstić information content (AvgIpc) is 3.16. The molecule has 2 amide bonds. The zero-order valence-corrected chi connectivity index (χ0v) is 14.8. The van der Waals surface area contributed by atoms with E-state index >= 15 is 0 Å². The Kier molecular flexibility index (Phi) is 4.28. The second-order valence-corrected chi connectivity index (χ2v) is 6.89. The standard InChI is InChI=1S/C20H22N2O4/c1-21-18(23)17-7-6-16(26-17)14-2-4-15(5-3-14)19(24)22-11-8-20(9-12-22)10-13-25-20/h2-7H,8-13H2,1H3,(H,21,23). The lowest BCUT2D eigenvalue weighted by atomic mass is 9.84. The molecule has 136 valence electrons. The normalized spacial score (nSPS) is 18.4. The maximum Gasteiger partial charge on any atom is 0.286 e. The number of carbonyl (C=O) groups excluding carboxylic acids is 2. The van der Waals surface area contributed by atoms with E-state index in [0.717, 1.165) is 44.5 Å². The summed E-state index contributed by atoms with van der Waals surface area (Å²) in [6.45, 7) is 2.34. The van der Waals surface area contributed by atoms with E-state index < -0.39 is 0 Å². The molecule has 0 unspecified atom stereocenters. The number of nitrogens with zero attached hydrogens (tertiary/aromatic N) is 1. The van der Waals surface area contributed by atoms with Gasteiger partial charge in [0.05, 0.1) is 12.2 Å². The molecule has 3 heterocycles. The molecule has 2 fully saturated rings. The van der Waals surface area contributed by atoms with Crippen LogP contribution in [0.4, 0.5) is 0 Å². The molecule has 26 heavy (non-hydrogen) atoms. The highest BCUT2D eigenvalue weighted by molar-refractivity contribution is 5.95. The molecule has 1 aromatic heterocycles. The second kappa shape index (κ2) is 6.61. The lowest BCUT2D eigenvalue weighted by molar-refractivity contribution is -0.169. The Bertz CT molecular complexity index is 811. The van der Waals surface area contributed by atoms with Crippen LogP contribution in [-0.2, 0) is 4.74 Å². The Hall–Kier alpha value is -2.60. The summed E-state index contributed by atoms with van der Waals surface area (Å²) in [6, 6.07) is 10.7. The Morgan fingerprint density at radius 2 is 1.73 bits per heavy atom. The highest BCUT2D eigenvalue weighted by Gasteiger charge is 2.41. The molecule has 2 aromatic rings. The van der Waals surface area contributed by atoms with Gasteiger partial charge in [-0.25, -0.2) is 0 Å². The third-order valence-corrected chi connectivity index (χ3v) is 5.40. The minimum absolute atomic E-state index is 0.0441. The first-order valence-electron chi connectivity index (χ1n) is 8.96. The van der Waals surface area contributed by atoms with Gasteiger partial charge < -0.3 is 19.4 Å². The molecule has 1 N–H and O–H groups in total. The molecule has 2 saturated heterocycles. The first-order chi connectivity index (χ1) is 12.6. The van der Waals surface area contributed by atoms with Crippen molar-refractivity contribution in [3.05, 3.63) is 47.7 Å². The van der Waals surface area contributed by atoms with E-state index in [0.29, 0.717) is 11.3 Å². The van der Waals surface area contributed by atoms with Crippen LogP contribution in [0.1, 0.15) is 40.2 Å². The number of piperidine rings is 1. The number of likely N-dealkylation sites (tertiary alicyclic amines) is 1. The van der Waals surface area contributed by atoms with Crippen molar-refractivity contribution < 1.29 is 18.7 Å². The van der Waals surface area contributed by atoms with E-state index in [1.807, 2.05) is 29.2 Å². The topological polar surface area (TPSA) is 71.8 Å². The molecule has 2 aliphatic rings. The molecular formula is C20H22N2O4. The molecule has 0 saturated carbocycles. The predicted molar refractivity (Wildman–Crippen MR) is 96.0 cm³/mol. The number of amides is 2. The molecule has 4 rings (SSSR count). The van der Waals surface area contributed by atoms with Gasteiger partial charge in [-0.3, -0.25) is 9.59 Å². The van der Waals surface area contributed by atoms with Gasteiger partial charge in [-0.05, 0) is 43.5 Å². The SMILES string of the molecule is CNC(=O)c1ccc(-c2ccc(C(=O)N3CCC4(CCO4)CC3)cc2)o1. The molecule has 0 atom stereocenters. The van der Waals surface area contributed by atoms with Crippen LogP contribution in [0.25, 0.3) is 11.3 Å². The van der Waals surface area contributed by atoms with Crippen LogP contribution in [0.15, 0.2) is 40.8 Å². The van der Waals surface area contributed by atoms with Gasteiger partial charge in [0.1, 0.15) is 5.76 Å². The predicted octanol–water partition coefficient (Wildman–Crippen LogP) is 2.70. The molecule has 1 aromatic carbocycles. The fraction of sp³-hybridized carbons (Fsp3) is 0.400. The highest BCUT2D eigenvalue weighted by Crippen LogP contribution is 2.37. The average molecular weight is 354 g/mol. The van der Waals surface area contributed by atoms with Gasteiger partial charge in [0.15, 0.2) is 5.76 Å². The number of furan rings is 1. The summed E-state index contributed by atoms with van der Waals surface area (Å²) in [5.74, 6) is 0.658. The summed E-state index contributed by atoms with van der Waals surface area (Å²) in [4.78, 5) is 26.2. The first kappa shape index (κ1) is 16.8. The first-order valence-corrected chi connectivity index (χ1v) is 8.96. The van der Waals surface area contributed by atoms with Crippen LogP contribution in [0.5, 0.6) is 0 Å². The lowest BCUT2D eigenvalue weighted by Gasteiger charge is -2.47. The molecule has 0 bridgehead atoms. The maximum atomic E-state index is 12.7. The molecule has 6 heteroatoms. The van der Waals surface area contributed by atoms with E-state index in [9.17, 15) is 9.59 Å². The summed E-state index contributed by atoms with van der Waals surface area (Å²) in [6.07, 6.45) is 2.96. The van der Waals surface area contributed by atoms with Crippen molar-refractivity contribution >= 4 is 11.8 Å². The van der Waals surface area contributed by atoms with Gasteiger partial charge in [-0.1, -0.05) is 12.1 Å². The fourth-order valence-electron chi connectivity index (χ4n) is 3.60. The fourth-order valence-corrected chi connectivity index (χ4v) is 3.60. The summed E-state index contributed by atoms with van der Waals surface area (Å²) in [5, 5.41) is 2.53. The van der Waals surface area contributed by atoms with Gasteiger partial charge in [-0.2, -0.15) is 0 Å². The zero-order chi connectivity index (χ0) is 18.1. The van der Waals surface area contributed by atoms with Crippen molar-refractivity contribution in [1.29, 1.82) is 0 Å².